The molecule has 1 N–H and O–H groups in total. The predicted molar refractivity (Wildman–Crippen MR) is 125 cm³/mol. The van der Waals surface area contributed by atoms with Gasteiger partial charge in [0.2, 0.25) is 5.91 Å². The Morgan fingerprint density at radius 1 is 1.14 bits per heavy atom. The normalized spacial score (nSPS) is 15.4. The van der Waals surface area contributed by atoms with E-state index in [1.165, 1.54) is 11.1 Å². The van der Waals surface area contributed by atoms with Gasteiger partial charge in [0.05, 0.1) is 0 Å². The van der Waals surface area contributed by atoms with E-state index >= 15 is 0 Å². The summed E-state index contributed by atoms with van der Waals surface area (Å²) in [5.41, 5.74) is 3.79. The molecule has 1 heterocycles. The smallest absolute Gasteiger partial charge is 0.223 e. The summed E-state index contributed by atoms with van der Waals surface area (Å²) in [6.07, 6.45) is 1.79. The van der Waals surface area contributed by atoms with Gasteiger partial charge in [0.1, 0.15) is 0 Å². The number of thioether (sulfide) groups is 1. The molecule has 0 unspecified atom stereocenters. The van der Waals surface area contributed by atoms with Gasteiger partial charge in [-0.2, -0.15) is 11.8 Å². The molecule has 1 fully saturated rings. The zero-order chi connectivity index (χ0) is 20.6. The highest BCUT2D eigenvalue weighted by molar-refractivity contribution is 7.98. The van der Waals surface area contributed by atoms with Crippen molar-refractivity contribution in [1.29, 1.82) is 0 Å². The molecule has 1 amide bonds. The maximum atomic E-state index is 12.5. The average Bonchev–Trinajstić information content (AvgIpc) is 2.71. The molecule has 1 aliphatic rings. The van der Waals surface area contributed by atoms with E-state index in [9.17, 15) is 4.79 Å². The molecule has 0 saturated carbocycles. The molecule has 6 heteroatoms. The number of benzene rings is 2. The van der Waals surface area contributed by atoms with Crippen LogP contribution in [0, 0.1) is 12.8 Å². The van der Waals surface area contributed by atoms with Crippen LogP contribution in [0.25, 0.3) is 0 Å². The number of rotatable bonds is 8. The molecule has 0 bridgehead atoms. The molecular weight excluding hydrogens is 423 g/mol. The zero-order valence-electron chi connectivity index (χ0n) is 16.8. The summed E-state index contributed by atoms with van der Waals surface area (Å²) in [7, 11) is 0. The standard InChI is InChI=1S/C23H28Cl2N2OS/c1-17-4-2-3-5-20(17)16-29-13-10-26-23(28)18-8-11-27(12-9-18)15-19-6-7-21(24)14-22(19)25/h2-7,14,18H,8-13,15-16H2,1H3,(H,26,28). The third-order valence-electron chi connectivity index (χ3n) is 5.43. The quantitative estimate of drug-likeness (QED) is 0.533. The Morgan fingerprint density at radius 2 is 1.90 bits per heavy atom. The zero-order valence-corrected chi connectivity index (χ0v) is 19.1. The van der Waals surface area contributed by atoms with Crippen molar-refractivity contribution < 1.29 is 4.79 Å². The minimum Gasteiger partial charge on any atom is -0.355 e. The highest BCUT2D eigenvalue weighted by Gasteiger charge is 2.25. The summed E-state index contributed by atoms with van der Waals surface area (Å²) in [6.45, 7) is 5.51. The summed E-state index contributed by atoms with van der Waals surface area (Å²) in [5.74, 6) is 2.25. The van der Waals surface area contributed by atoms with E-state index in [0.29, 0.717) is 10.0 Å². The second kappa shape index (κ2) is 11.3. The van der Waals surface area contributed by atoms with Crippen LogP contribution < -0.4 is 5.32 Å². The fraction of sp³-hybridized carbons (Fsp3) is 0.435. The molecule has 29 heavy (non-hydrogen) atoms. The lowest BCUT2D eigenvalue weighted by molar-refractivity contribution is -0.126. The van der Waals surface area contributed by atoms with E-state index in [0.717, 1.165) is 56.1 Å². The van der Waals surface area contributed by atoms with E-state index in [4.69, 9.17) is 23.2 Å². The van der Waals surface area contributed by atoms with Crippen molar-refractivity contribution in [3.05, 3.63) is 69.2 Å². The number of carbonyl (C=O) groups excluding carboxylic acids is 1. The number of nitrogens with zero attached hydrogens (tertiary/aromatic N) is 1. The average molecular weight is 451 g/mol. The molecule has 2 aromatic rings. The Balaban J connectivity index is 1.33. The number of hydrogen-bond donors (Lipinski definition) is 1. The largest absolute Gasteiger partial charge is 0.355 e. The Hall–Kier alpha value is -1.20. The van der Waals surface area contributed by atoms with Crippen LogP contribution in [0.1, 0.15) is 29.5 Å². The minimum atomic E-state index is 0.119. The van der Waals surface area contributed by atoms with Gasteiger partial charge in [-0.25, -0.2) is 0 Å². The SMILES string of the molecule is Cc1ccccc1CSCCNC(=O)C1CCN(Cc2ccc(Cl)cc2Cl)CC1. The number of likely N-dealkylation sites (tertiary alicyclic amines) is 1. The second-order valence-corrected chi connectivity index (χ2v) is 9.51. The van der Waals surface area contributed by atoms with Crippen molar-refractivity contribution in [2.75, 3.05) is 25.4 Å². The van der Waals surface area contributed by atoms with Crippen LogP contribution in [0.5, 0.6) is 0 Å². The van der Waals surface area contributed by atoms with Gasteiger partial charge in [-0.15, -0.1) is 0 Å². The van der Waals surface area contributed by atoms with Gasteiger partial charge in [0, 0.05) is 40.6 Å². The Labute approximate surface area is 188 Å². The summed E-state index contributed by atoms with van der Waals surface area (Å²) >= 11 is 14.1. The van der Waals surface area contributed by atoms with Crippen molar-refractivity contribution in [2.45, 2.75) is 32.1 Å². The summed E-state index contributed by atoms with van der Waals surface area (Å²) in [5, 5.41) is 4.49. The van der Waals surface area contributed by atoms with Crippen molar-refractivity contribution in [3.63, 3.8) is 0 Å². The fourth-order valence-corrected chi connectivity index (χ4v) is 4.99. The minimum absolute atomic E-state index is 0.119. The topological polar surface area (TPSA) is 32.3 Å². The number of halogens is 2. The number of aryl methyl sites for hydroxylation is 1. The number of nitrogens with one attached hydrogen (secondary N) is 1. The number of carbonyl (C=O) groups is 1. The van der Waals surface area contributed by atoms with Gasteiger partial charge < -0.3 is 5.32 Å². The van der Waals surface area contributed by atoms with Gasteiger partial charge in [-0.3, -0.25) is 9.69 Å². The maximum absolute atomic E-state index is 12.5. The van der Waals surface area contributed by atoms with E-state index < -0.39 is 0 Å². The summed E-state index contributed by atoms with van der Waals surface area (Å²) in [4.78, 5) is 14.8. The van der Waals surface area contributed by atoms with Gasteiger partial charge in [-0.1, -0.05) is 53.5 Å². The van der Waals surface area contributed by atoms with E-state index in [1.807, 2.05) is 23.9 Å². The summed E-state index contributed by atoms with van der Waals surface area (Å²) < 4.78 is 0. The molecule has 3 rings (SSSR count). The molecule has 0 radical (unpaired) electrons. The number of amides is 1. The molecular formula is C23H28Cl2N2OS. The van der Waals surface area contributed by atoms with Gasteiger partial charge in [0.25, 0.3) is 0 Å². The van der Waals surface area contributed by atoms with Crippen LogP contribution in [0.4, 0.5) is 0 Å². The Kier molecular flexibility index (Phi) is 8.73. The van der Waals surface area contributed by atoms with Gasteiger partial charge in [0.15, 0.2) is 0 Å². The van der Waals surface area contributed by atoms with Crippen molar-refractivity contribution in [1.82, 2.24) is 10.2 Å². The molecule has 0 spiro atoms. The first-order chi connectivity index (χ1) is 14.0. The van der Waals surface area contributed by atoms with Crippen molar-refractivity contribution in [3.8, 4) is 0 Å². The Bertz CT molecular complexity index is 822. The molecule has 0 atom stereocenters. The van der Waals surface area contributed by atoms with Crippen LogP contribution in [-0.4, -0.2) is 36.2 Å². The molecule has 3 nitrogen and oxygen atoms in total. The molecule has 1 aliphatic heterocycles. The van der Waals surface area contributed by atoms with Crippen molar-refractivity contribution in [2.24, 2.45) is 5.92 Å². The number of hydrogen-bond acceptors (Lipinski definition) is 3. The van der Waals surface area contributed by atoms with Gasteiger partial charge in [-0.05, 0) is 61.7 Å². The van der Waals surface area contributed by atoms with E-state index in [-0.39, 0.29) is 11.8 Å². The van der Waals surface area contributed by atoms with Crippen LogP contribution in [0.15, 0.2) is 42.5 Å². The summed E-state index contributed by atoms with van der Waals surface area (Å²) in [6, 6.07) is 14.1. The lowest BCUT2D eigenvalue weighted by atomic mass is 9.95. The molecule has 1 saturated heterocycles. The highest BCUT2D eigenvalue weighted by Crippen LogP contribution is 2.25. The van der Waals surface area contributed by atoms with Crippen LogP contribution >= 0.6 is 35.0 Å². The third kappa shape index (κ3) is 6.92. The number of piperidine rings is 1. The van der Waals surface area contributed by atoms with Crippen molar-refractivity contribution >= 4 is 40.9 Å². The first kappa shape index (κ1) is 22.5. The van der Waals surface area contributed by atoms with Crippen LogP contribution in [0.2, 0.25) is 10.0 Å². The lowest BCUT2D eigenvalue weighted by Crippen LogP contribution is -2.40. The van der Waals surface area contributed by atoms with E-state index in [1.54, 1.807) is 6.07 Å². The van der Waals surface area contributed by atoms with Crippen LogP contribution in [-0.2, 0) is 17.1 Å². The molecule has 0 aliphatic carbocycles. The first-order valence-corrected chi connectivity index (χ1v) is 12.0. The second-order valence-electron chi connectivity index (χ2n) is 7.56. The third-order valence-corrected chi connectivity index (χ3v) is 7.03. The van der Waals surface area contributed by atoms with E-state index in [2.05, 4.69) is 41.4 Å². The fourth-order valence-electron chi connectivity index (χ4n) is 3.59. The lowest BCUT2D eigenvalue weighted by Gasteiger charge is -2.31. The monoisotopic (exact) mass is 450 g/mol. The Morgan fingerprint density at radius 3 is 2.62 bits per heavy atom. The maximum Gasteiger partial charge on any atom is 0.223 e. The molecule has 2 aromatic carbocycles. The first-order valence-electron chi connectivity index (χ1n) is 10.1. The molecule has 156 valence electrons. The predicted octanol–water partition coefficient (Wildman–Crippen LogP) is 5.56. The van der Waals surface area contributed by atoms with Crippen LogP contribution in [0.3, 0.4) is 0 Å². The highest BCUT2D eigenvalue weighted by atomic mass is 35.5. The molecule has 0 aromatic heterocycles. The van der Waals surface area contributed by atoms with Gasteiger partial charge >= 0.3 is 0 Å².